The molecule has 1 aliphatic rings. The number of hydrogen-bond donors (Lipinski definition) is 3. The maximum atomic E-state index is 11.4. The van der Waals surface area contributed by atoms with Crippen LogP contribution < -0.4 is 10.6 Å². The van der Waals surface area contributed by atoms with Gasteiger partial charge in [-0.15, -0.1) is 0 Å². The highest BCUT2D eigenvalue weighted by molar-refractivity contribution is 5.74. The topological polar surface area (TPSA) is 61.4 Å². The second-order valence-corrected chi connectivity index (χ2v) is 4.54. The molecule has 0 spiro atoms. The third-order valence-electron chi connectivity index (χ3n) is 3.03. The first-order valence-electron chi connectivity index (χ1n) is 5.94. The molecule has 17 heavy (non-hydrogen) atoms. The smallest absolute Gasteiger partial charge is 0.314 e. The number of aliphatic hydroxyl groups excluding tert-OH is 1. The average Bonchev–Trinajstić information content (AvgIpc) is 2.27. The minimum absolute atomic E-state index is 0.213. The van der Waals surface area contributed by atoms with Crippen LogP contribution in [0, 0.1) is 0 Å². The lowest BCUT2D eigenvalue weighted by Crippen LogP contribution is -2.42. The number of hydrogen-bond acceptors (Lipinski definition) is 2. The van der Waals surface area contributed by atoms with E-state index in [1.54, 1.807) is 6.92 Å². The van der Waals surface area contributed by atoms with Gasteiger partial charge in [-0.2, -0.15) is 0 Å². The number of carbonyl (C=O) groups excluding carboxylic acids is 1. The fourth-order valence-corrected chi connectivity index (χ4v) is 2.06. The molecule has 3 N–H and O–H groups in total. The summed E-state index contributed by atoms with van der Waals surface area (Å²) in [5.74, 6) is 0.434. The van der Waals surface area contributed by atoms with Crippen LogP contribution in [0.4, 0.5) is 4.79 Å². The molecule has 2 atom stereocenters. The Morgan fingerprint density at radius 3 is 2.94 bits per heavy atom. The maximum Gasteiger partial charge on any atom is 0.314 e. The third-order valence-corrected chi connectivity index (χ3v) is 3.03. The lowest BCUT2D eigenvalue weighted by molar-refractivity contribution is 0.187. The number of benzene rings is 1. The number of amides is 2. The Balaban J connectivity index is 1.72. The molecule has 0 radical (unpaired) electrons. The van der Waals surface area contributed by atoms with Crippen LogP contribution in [-0.2, 0) is 6.42 Å². The fraction of sp³-hybridized carbons (Fsp3) is 0.462. The Labute approximate surface area is 101 Å². The number of carbonyl (C=O) groups is 1. The summed E-state index contributed by atoms with van der Waals surface area (Å²) in [6, 6.07) is 8.09. The van der Waals surface area contributed by atoms with E-state index in [0.29, 0.717) is 12.5 Å². The zero-order valence-electron chi connectivity index (χ0n) is 9.94. The van der Waals surface area contributed by atoms with Gasteiger partial charge in [-0.25, -0.2) is 4.79 Å². The first kappa shape index (κ1) is 11.9. The zero-order chi connectivity index (χ0) is 12.3. The van der Waals surface area contributed by atoms with E-state index in [2.05, 4.69) is 22.8 Å². The number of rotatable bonds is 4. The van der Waals surface area contributed by atoms with E-state index in [9.17, 15) is 4.79 Å². The van der Waals surface area contributed by atoms with Crippen molar-refractivity contribution in [3.63, 3.8) is 0 Å². The van der Waals surface area contributed by atoms with Crippen molar-refractivity contribution >= 4 is 6.03 Å². The first-order chi connectivity index (χ1) is 8.16. The molecule has 1 aromatic carbocycles. The maximum absolute atomic E-state index is 11.4. The molecular formula is C13H18N2O2. The fourth-order valence-electron chi connectivity index (χ4n) is 2.06. The Bertz CT molecular complexity index is 404. The molecular weight excluding hydrogens is 216 g/mol. The van der Waals surface area contributed by atoms with E-state index >= 15 is 0 Å². The molecule has 1 aliphatic carbocycles. The highest BCUT2D eigenvalue weighted by Gasteiger charge is 2.25. The minimum atomic E-state index is -0.509. The second-order valence-electron chi connectivity index (χ2n) is 4.54. The second kappa shape index (κ2) is 5.19. The van der Waals surface area contributed by atoms with Gasteiger partial charge in [-0.05, 0) is 24.5 Å². The number of nitrogens with one attached hydrogen (secondary N) is 2. The molecule has 0 aromatic heterocycles. The normalized spacial score (nSPS) is 18.8. The molecule has 2 rings (SSSR count). The van der Waals surface area contributed by atoms with Gasteiger partial charge in [0.15, 0.2) is 0 Å². The summed E-state index contributed by atoms with van der Waals surface area (Å²) in [5, 5.41) is 14.5. The summed E-state index contributed by atoms with van der Waals surface area (Å²) in [6.07, 6.45) is 0.525. The molecule has 1 aromatic rings. The molecule has 0 heterocycles. The molecule has 0 unspecified atom stereocenters. The van der Waals surface area contributed by atoms with E-state index < -0.39 is 6.10 Å². The molecule has 0 saturated heterocycles. The summed E-state index contributed by atoms with van der Waals surface area (Å²) < 4.78 is 0. The van der Waals surface area contributed by atoms with E-state index in [1.165, 1.54) is 11.1 Å². The highest BCUT2D eigenvalue weighted by atomic mass is 16.3. The summed E-state index contributed by atoms with van der Waals surface area (Å²) in [7, 11) is 0. The van der Waals surface area contributed by atoms with Gasteiger partial charge in [-0.1, -0.05) is 24.3 Å². The van der Waals surface area contributed by atoms with Gasteiger partial charge in [0.25, 0.3) is 0 Å². The number of aliphatic hydroxyl groups is 1. The molecule has 4 nitrogen and oxygen atoms in total. The minimum Gasteiger partial charge on any atom is -0.392 e. The Morgan fingerprint density at radius 1 is 1.47 bits per heavy atom. The number of fused-ring (bicyclic) bond motifs is 1. The summed E-state index contributed by atoms with van der Waals surface area (Å²) in [6.45, 7) is 2.58. The summed E-state index contributed by atoms with van der Waals surface area (Å²) in [4.78, 5) is 11.4. The average molecular weight is 234 g/mol. The molecule has 0 saturated carbocycles. The van der Waals surface area contributed by atoms with Crippen LogP contribution in [0.5, 0.6) is 0 Å². The first-order valence-corrected chi connectivity index (χ1v) is 5.94. The van der Waals surface area contributed by atoms with E-state index in [4.69, 9.17) is 5.11 Å². The van der Waals surface area contributed by atoms with Crippen molar-refractivity contribution in [1.29, 1.82) is 0 Å². The van der Waals surface area contributed by atoms with Crippen molar-refractivity contribution in [3.8, 4) is 0 Å². The molecule has 92 valence electrons. The SMILES string of the molecule is C[C@@H](O)CNC(=O)NC[C@H]1Cc2ccccc21. The van der Waals surface area contributed by atoms with Crippen LogP contribution in [-0.4, -0.2) is 30.3 Å². The van der Waals surface area contributed by atoms with Crippen LogP contribution in [0.1, 0.15) is 24.0 Å². The Morgan fingerprint density at radius 2 is 2.24 bits per heavy atom. The van der Waals surface area contributed by atoms with Gasteiger partial charge in [0.2, 0.25) is 0 Å². The van der Waals surface area contributed by atoms with Crippen LogP contribution in [0.15, 0.2) is 24.3 Å². The molecule has 0 bridgehead atoms. The molecule has 2 amide bonds. The summed E-state index contributed by atoms with van der Waals surface area (Å²) >= 11 is 0. The van der Waals surface area contributed by atoms with Gasteiger partial charge in [0.05, 0.1) is 6.10 Å². The van der Waals surface area contributed by atoms with Crippen LogP contribution in [0.3, 0.4) is 0 Å². The van der Waals surface area contributed by atoms with Crippen LogP contribution >= 0.6 is 0 Å². The van der Waals surface area contributed by atoms with Crippen LogP contribution in [0.25, 0.3) is 0 Å². The van der Waals surface area contributed by atoms with Gasteiger partial charge in [-0.3, -0.25) is 0 Å². The van der Waals surface area contributed by atoms with Crippen molar-refractivity contribution in [2.75, 3.05) is 13.1 Å². The standard InChI is InChI=1S/C13H18N2O2/c1-9(16)7-14-13(17)15-8-11-6-10-4-2-3-5-12(10)11/h2-5,9,11,16H,6-8H2,1H3,(H2,14,15,17)/t9-,11-/m1/s1. The Hall–Kier alpha value is -1.55. The van der Waals surface area contributed by atoms with E-state index in [1.807, 2.05) is 12.1 Å². The van der Waals surface area contributed by atoms with Crippen molar-refractivity contribution in [1.82, 2.24) is 10.6 Å². The van der Waals surface area contributed by atoms with Crippen LogP contribution in [0.2, 0.25) is 0 Å². The highest BCUT2D eigenvalue weighted by Crippen LogP contribution is 2.33. The van der Waals surface area contributed by atoms with Gasteiger partial charge in [0, 0.05) is 19.0 Å². The van der Waals surface area contributed by atoms with Gasteiger partial charge < -0.3 is 15.7 Å². The Kier molecular flexibility index (Phi) is 3.64. The van der Waals surface area contributed by atoms with E-state index in [-0.39, 0.29) is 12.6 Å². The van der Waals surface area contributed by atoms with E-state index in [0.717, 1.165) is 6.42 Å². The van der Waals surface area contributed by atoms with Crippen molar-refractivity contribution in [2.45, 2.75) is 25.4 Å². The monoisotopic (exact) mass is 234 g/mol. The predicted octanol–water partition coefficient (Wildman–Crippen LogP) is 1.01. The van der Waals surface area contributed by atoms with Gasteiger partial charge in [0.1, 0.15) is 0 Å². The third kappa shape index (κ3) is 2.97. The molecule has 4 heteroatoms. The zero-order valence-corrected chi connectivity index (χ0v) is 9.94. The predicted molar refractivity (Wildman–Crippen MR) is 66.0 cm³/mol. The van der Waals surface area contributed by atoms with Gasteiger partial charge >= 0.3 is 6.03 Å². The van der Waals surface area contributed by atoms with Crippen molar-refractivity contribution in [3.05, 3.63) is 35.4 Å². The van der Waals surface area contributed by atoms with Crippen molar-refractivity contribution < 1.29 is 9.90 Å². The molecule has 0 aliphatic heterocycles. The summed E-state index contributed by atoms with van der Waals surface area (Å²) in [5.41, 5.74) is 2.71. The largest absolute Gasteiger partial charge is 0.392 e. The lowest BCUT2D eigenvalue weighted by atomic mass is 9.78. The quantitative estimate of drug-likeness (QED) is 0.728. The number of urea groups is 1. The van der Waals surface area contributed by atoms with Crippen molar-refractivity contribution in [2.24, 2.45) is 0 Å². The lowest BCUT2D eigenvalue weighted by Gasteiger charge is -2.30. The molecule has 0 fully saturated rings.